The number of morpholine rings is 1. The van der Waals surface area contributed by atoms with E-state index in [2.05, 4.69) is 32.7 Å². The standard InChI is InChI=1S/C11H13BrCl2N2O/c1-7-6-17-9(3-13)5-16(7)11-10(14)2-8(12)4-15-11/h2,4,7,9H,3,5-6H2,1H3. The monoisotopic (exact) mass is 338 g/mol. The van der Waals surface area contributed by atoms with Crippen LogP contribution in [0.15, 0.2) is 16.7 Å². The lowest BCUT2D eigenvalue weighted by atomic mass is 10.2. The first-order valence-electron chi connectivity index (χ1n) is 5.37. The van der Waals surface area contributed by atoms with Crippen molar-refractivity contribution < 1.29 is 4.74 Å². The molecule has 0 bridgehead atoms. The molecule has 94 valence electrons. The van der Waals surface area contributed by atoms with Crippen molar-refractivity contribution in [3.8, 4) is 0 Å². The van der Waals surface area contributed by atoms with Crippen molar-refractivity contribution in [1.82, 2.24) is 4.98 Å². The highest BCUT2D eigenvalue weighted by atomic mass is 79.9. The van der Waals surface area contributed by atoms with E-state index < -0.39 is 0 Å². The molecule has 1 fully saturated rings. The van der Waals surface area contributed by atoms with E-state index >= 15 is 0 Å². The minimum Gasteiger partial charge on any atom is -0.373 e. The normalized spacial score (nSPS) is 25.1. The summed E-state index contributed by atoms with van der Waals surface area (Å²) in [5, 5.41) is 0.640. The average Bonchev–Trinajstić information content (AvgIpc) is 2.30. The number of rotatable bonds is 2. The van der Waals surface area contributed by atoms with Gasteiger partial charge in [0.2, 0.25) is 0 Å². The number of hydrogen-bond donors (Lipinski definition) is 0. The highest BCUT2D eigenvalue weighted by Crippen LogP contribution is 2.29. The third-order valence-corrected chi connectivity index (χ3v) is 3.79. The lowest BCUT2D eigenvalue weighted by molar-refractivity contribution is 0.0361. The van der Waals surface area contributed by atoms with Gasteiger partial charge in [0.05, 0.1) is 29.7 Å². The van der Waals surface area contributed by atoms with Crippen LogP contribution in [-0.2, 0) is 4.74 Å². The molecule has 2 heterocycles. The number of ether oxygens (including phenoxy) is 1. The fraction of sp³-hybridized carbons (Fsp3) is 0.545. The highest BCUT2D eigenvalue weighted by molar-refractivity contribution is 9.10. The third-order valence-electron chi connectivity index (χ3n) is 2.74. The van der Waals surface area contributed by atoms with Gasteiger partial charge in [-0.15, -0.1) is 11.6 Å². The van der Waals surface area contributed by atoms with Crippen molar-refractivity contribution in [3.05, 3.63) is 21.8 Å². The van der Waals surface area contributed by atoms with E-state index in [-0.39, 0.29) is 12.1 Å². The van der Waals surface area contributed by atoms with Gasteiger partial charge >= 0.3 is 0 Å². The van der Waals surface area contributed by atoms with E-state index in [4.69, 9.17) is 27.9 Å². The zero-order valence-electron chi connectivity index (χ0n) is 9.37. The van der Waals surface area contributed by atoms with E-state index in [0.29, 0.717) is 17.5 Å². The summed E-state index contributed by atoms with van der Waals surface area (Å²) < 4.78 is 6.48. The summed E-state index contributed by atoms with van der Waals surface area (Å²) >= 11 is 15.4. The van der Waals surface area contributed by atoms with Gasteiger partial charge in [0.1, 0.15) is 5.82 Å². The second-order valence-electron chi connectivity index (χ2n) is 4.07. The molecule has 6 heteroatoms. The average molecular weight is 340 g/mol. The lowest BCUT2D eigenvalue weighted by Gasteiger charge is -2.38. The molecule has 0 spiro atoms. The number of pyridine rings is 1. The fourth-order valence-corrected chi connectivity index (χ4v) is 2.75. The first-order valence-corrected chi connectivity index (χ1v) is 7.07. The molecular formula is C11H13BrCl2N2O. The van der Waals surface area contributed by atoms with Crippen LogP contribution < -0.4 is 4.90 Å². The van der Waals surface area contributed by atoms with Gasteiger partial charge in [0, 0.05) is 17.2 Å². The maximum Gasteiger partial charge on any atom is 0.147 e. The van der Waals surface area contributed by atoms with Crippen LogP contribution in [0.2, 0.25) is 5.02 Å². The van der Waals surface area contributed by atoms with Crippen LogP contribution in [0, 0.1) is 0 Å². The van der Waals surface area contributed by atoms with Crippen LogP contribution in [0.25, 0.3) is 0 Å². The van der Waals surface area contributed by atoms with Crippen LogP contribution in [0.4, 0.5) is 5.82 Å². The molecule has 0 saturated carbocycles. The number of aromatic nitrogens is 1. The van der Waals surface area contributed by atoms with Gasteiger partial charge < -0.3 is 9.64 Å². The molecular weight excluding hydrogens is 327 g/mol. The van der Waals surface area contributed by atoms with Gasteiger partial charge in [0.25, 0.3) is 0 Å². The van der Waals surface area contributed by atoms with Crippen molar-refractivity contribution in [2.45, 2.75) is 19.1 Å². The SMILES string of the molecule is CC1COC(CCl)CN1c1ncc(Br)cc1Cl. The summed E-state index contributed by atoms with van der Waals surface area (Å²) in [5.41, 5.74) is 0. The van der Waals surface area contributed by atoms with Crippen LogP contribution in [-0.4, -0.2) is 36.2 Å². The largest absolute Gasteiger partial charge is 0.373 e. The van der Waals surface area contributed by atoms with Gasteiger partial charge in [-0.3, -0.25) is 0 Å². The van der Waals surface area contributed by atoms with Crippen molar-refractivity contribution in [2.75, 3.05) is 23.9 Å². The Morgan fingerprint density at radius 3 is 3.06 bits per heavy atom. The fourth-order valence-electron chi connectivity index (χ4n) is 1.82. The van der Waals surface area contributed by atoms with E-state index in [0.717, 1.165) is 16.8 Å². The number of anilines is 1. The highest BCUT2D eigenvalue weighted by Gasteiger charge is 2.27. The summed E-state index contributed by atoms with van der Waals surface area (Å²) in [4.78, 5) is 6.51. The lowest BCUT2D eigenvalue weighted by Crippen LogP contribution is -2.49. The molecule has 1 aromatic rings. The molecule has 2 atom stereocenters. The Labute approximate surface area is 119 Å². The van der Waals surface area contributed by atoms with Gasteiger partial charge in [-0.25, -0.2) is 4.98 Å². The Balaban J connectivity index is 2.24. The first kappa shape index (κ1) is 13.4. The van der Waals surface area contributed by atoms with Crippen molar-refractivity contribution in [1.29, 1.82) is 0 Å². The van der Waals surface area contributed by atoms with Crippen LogP contribution >= 0.6 is 39.1 Å². The smallest absolute Gasteiger partial charge is 0.147 e. The summed E-state index contributed by atoms with van der Waals surface area (Å²) in [6, 6.07) is 2.10. The molecule has 0 aromatic carbocycles. The molecule has 1 aromatic heterocycles. The molecule has 3 nitrogen and oxygen atoms in total. The van der Waals surface area contributed by atoms with Gasteiger partial charge in [-0.2, -0.15) is 0 Å². The summed E-state index contributed by atoms with van der Waals surface area (Å²) in [5.74, 6) is 1.28. The molecule has 2 unspecified atom stereocenters. The number of alkyl halides is 1. The van der Waals surface area contributed by atoms with Crippen molar-refractivity contribution >= 4 is 44.9 Å². The van der Waals surface area contributed by atoms with Gasteiger partial charge in [-0.1, -0.05) is 11.6 Å². The second kappa shape index (κ2) is 5.74. The summed E-state index contributed by atoms with van der Waals surface area (Å²) in [6.45, 7) is 3.45. The third kappa shape index (κ3) is 3.05. The van der Waals surface area contributed by atoms with Gasteiger partial charge in [0.15, 0.2) is 0 Å². The zero-order chi connectivity index (χ0) is 12.4. The van der Waals surface area contributed by atoms with Crippen molar-refractivity contribution in [2.24, 2.45) is 0 Å². The topological polar surface area (TPSA) is 25.4 Å². The van der Waals surface area contributed by atoms with Crippen LogP contribution in [0.1, 0.15) is 6.92 Å². The summed E-state index contributed by atoms with van der Waals surface area (Å²) in [6.07, 6.45) is 1.79. The molecule has 1 saturated heterocycles. The van der Waals surface area contributed by atoms with Gasteiger partial charge in [-0.05, 0) is 28.9 Å². The second-order valence-corrected chi connectivity index (χ2v) is 5.70. The Morgan fingerprint density at radius 2 is 2.41 bits per heavy atom. The number of hydrogen-bond acceptors (Lipinski definition) is 3. The number of nitrogens with zero attached hydrogens (tertiary/aromatic N) is 2. The maximum atomic E-state index is 6.21. The zero-order valence-corrected chi connectivity index (χ0v) is 12.5. The quantitative estimate of drug-likeness (QED) is 0.773. The van der Waals surface area contributed by atoms with E-state index in [9.17, 15) is 0 Å². The molecule has 17 heavy (non-hydrogen) atoms. The van der Waals surface area contributed by atoms with E-state index in [1.54, 1.807) is 6.20 Å². The first-order chi connectivity index (χ1) is 8.11. The van der Waals surface area contributed by atoms with E-state index in [1.807, 2.05) is 6.07 Å². The molecule has 0 radical (unpaired) electrons. The molecule has 1 aliphatic heterocycles. The Bertz CT molecular complexity index is 405. The predicted molar refractivity (Wildman–Crippen MR) is 74.2 cm³/mol. The number of halogens is 3. The Morgan fingerprint density at radius 1 is 1.65 bits per heavy atom. The van der Waals surface area contributed by atoms with Crippen LogP contribution in [0.3, 0.4) is 0 Å². The minimum atomic E-state index is 0.0365. The van der Waals surface area contributed by atoms with Crippen molar-refractivity contribution in [3.63, 3.8) is 0 Å². The molecule has 0 amide bonds. The molecule has 2 rings (SSSR count). The molecule has 0 aliphatic carbocycles. The Hall–Kier alpha value is -0.0300. The van der Waals surface area contributed by atoms with E-state index in [1.165, 1.54) is 0 Å². The summed E-state index contributed by atoms with van der Waals surface area (Å²) in [7, 11) is 0. The molecule has 1 aliphatic rings. The predicted octanol–water partition coefficient (Wildman–Crippen LogP) is 3.33. The Kier molecular flexibility index (Phi) is 4.53. The maximum absolute atomic E-state index is 6.21. The minimum absolute atomic E-state index is 0.0365. The van der Waals surface area contributed by atoms with Crippen LogP contribution in [0.5, 0.6) is 0 Å². The molecule has 0 N–H and O–H groups in total.